The maximum atomic E-state index is 12.6. The summed E-state index contributed by atoms with van der Waals surface area (Å²) >= 11 is 0. The van der Waals surface area contributed by atoms with Crippen molar-refractivity contribution in [3.05, 3.63) is 93.3 Å². The quantitative estimate of drug-likeness (QED) is 0.706. The van der Waals surface area contributed by atoms with E-state index in [1.807, 2.05) is 61.5 Å². The summed E-state index contributed by atoms with van der Waals surface area (Å²) in [5.74, 6) is -0.437. The molecule has 1 N–H and O–H groups in total. The highest BCUT2D eigenvalue weighted by molar-refractivity contribution is 5.96. The van der Waals surface area contributed by atoms with Crippen molar-refractivity contribution in [2.24, 2.45) is 0 Å². The van der Waals surface area contributed by atoms with E-state index in [1.54, 1.807) is 13.0 Å². The number of aromatic nitrogens is 1. The van der Waals surface area contributed by atoms with Gasteiger partial charge in [-0.3, -0.25) is 4.79 Å². The van der Waals surface area contributed by atoms with Crippen LogP contribution in [-0.4, -0.2) is 17.6 Å². The number of rotatable bonds is 5. The van der Waals surface area contributed by atoms with Gasteiger partial charge >= 0.3 is 5.97 Å². The first-order chi connectivity index (χ1) is 12.6. The predicted molar refractivity (Wildman–Crippen MR) is 102 cm³/mol. The molecule has 0 aliphatic heterocycles. The first-order valence-corrected chi connectivity index (χ1v) is 8.62. The molecule has 0 unspecified atom stereocenters. The lowest BCUT2D eigenvalue weighted by atomic mass is 10.00. The second-order valence-corrected chi connectivity index (χ2v) is 6.16. The molecule has 4 nitrogen and oxygen atoms in total. The summed E-state index contributed by atoms with van der Waals surface area (Å²) in [5.41, 5.74) is 4.16. The van der Waals surface area contributed by atoms with Gasteiger partial charge in [-0.15, -0.1) is 0 Å². The normalized spacial score (nSPS) is 10.5. The SMILES string of the molecule is CCOC(=O)c1cc(Cc2ccc(C)cc2)c(=O)[nH]c1-c1ccccc1. The van der Waals surface area contributed by atoms with Gasteiger partial charge in [0.25, 0.3) is 5.56 Å². The Morgan fingerprint density at radius 3 is 2.38 bits per heavy atom. The number of pyridine rings is 1. The van der Waals surface area contributed by atoms with E-state index in [2.05, 4.69) is 4.98 Å². The van der Waals surface area contributed by atoms with Gasteiger partial charge in [-0.1, -0.05) is 60.2 Å². The van der Waals surface area contributed by atoms with Crippen LogP contribution in [0, 0.1) is 6.92 Å². The molecule has 26 heavy (non-hydrogen) atoms. The van der Waals surface area contributed by atoms with Crippen LogP contribution < -0.4 is 5.56 Å². The Bertz CT molecular complexity index is 957. The predicted octanol–water partition coefficient (Wildman–Crippen LogP) is 4.12. The first-order valence-electron chi connectivity index (χ1n) is 8.62. The lowest BCUT2D eigenvalue weighted by Crippen LogP contribution is -2.18. The van der Waals surface area contributed by atoms with Gasteiger partial charge in [-0.2, -0.15) is 0 Å². The third kappa shape index (κ3) is 3.91. The topological polar surface area (TPSA) is 59.2 Å². The summed E-state index contributed by atoms with van der Waals surface area (Å²) in [5, 5.41) is 0. The van der Waals surface area contributed by atoms with Crippen molar-refractivity contribution in [1.82, 2.24) is 4.98 Å². The fourth-order valence-corrected chi connectivity index (χ4v) is 2.83. The minimum atomic E-state index is -0.437. The molecular formula is C22H21NO3. The first kappa shape index (κ1) is 17.7. The summed E-state index contributed by atoms with van der Waals surface area (Å²) in [4.78, 5) is 27.9. The van der Waals surface area contributed by atoms with Crippen molar-refractivity contribution < 1.29 is 9.53 Å². The lowest BCUT2D eigenvalue weighted by molar-refractivity contribution is 0.0526. The summed E-state index contributed by atoms with van der Waals surface area (Å²) < 4.78 is 5.19. The largest absolute Gasteiger partial charge is 0.462 e. The molecule has 0 spiro atoms. The van der Waals surface area contributed by atoms with Gasteiger partial charge in [0, 0.05) is 12.0 Å². The van der Waals surface area contributed by atoms with Crippen LogP contribution in [0.15, 0.2) is 65.5 Å². The van der Waals surface area contributed by atoms with Crippen LogP contribution in [0.4, 0.5) is 0 Å². The Morgan fingerprint density at radius 2 is 1.73 bits per heavy atom. The molecule has 132 valence electrons. The number of hydrogen-bond donors (Lipinski definition) is 1. The third-order valence-corrected chi connectivity index (χ3v) is 4.19. The molecule has 1 aromatic heterocycles. The Balaban J connectivity index is 2.07. The molecular weight excluding hydrogens is 326 g/mol. The van der Waals surface area contributed by atoms with Gasteiger partial charge in [0.15, 0.2) is 0 Å². The molecule has 0 amide bonds. The van der Waals surface area contributed by atoms with Gasteiger partial charge in [0.05, 0.1) is 17.9 Å². The van der Waals surface area contributed by atoms with Crippen molar-refractivity contribution in [3.8, 4) is 11.3 Å². The molecule has 2 aromatic carbocycles. The molecule has 3 aromatic rings. The molecule has 0 bridgehead atoms. The Labute approximate surface area is 152 Å². The summed E-state index contributed by atoms with van der Waals surface area (Å²) in [7, 11) is 0. The monoisotopic (exact) mass is 347 g/mol. The van der Waals surface area contributed by atoms with Gasteiger partial charge in [-0.25, -0.2) is 4.79 Å². The van der Waals surface area contributed by atoms with Crippen LogP contribution in [0.1, 0.15) is 34.0 Å². The second-order valence-electron chi connectivity index (χ2n) is 6.16. The molecule has 0 fully saturated rings. The molecule has 3 rings (SSSR count). The van der Waals surface area contributed by atoms with Crippen molar-refractivity contribution in [1.29, 1.82) is 0 Å². The standard InChI is InChI=1S/C22H21NO3/c1-3-26-22(25)19-14-18(13-16-11-9-15(2)10-12-16)21(24)23-20(19)17-7-5-4-6-8-17/h4-12,14H,3,13H2,1-2H3,(H,23,24). The molecule has 0 radical (unpaired) electrons. The summed E-state index contributed by atoms with van der Waals surface area (Å²) in [6.45, 7) is 4.06. The number of esters is 1. The molecule has 0 aliphatic rings. The van der Waals surface area contributed by atoms with Gasteiger partial charge < -0.3 is 9.72 Å². The zero-order valence-corrected chi connectivity index (χ0v) is 14.9. The van der Waals surface area contributed by atoms with E-state index in [0.29, 0.717) is 23.2 Å². The van der Waals surface area contributed by atoms with E-state index >= 15 is 0 Å². The second kappa shape index (κ2) is 7.83. The van der Waals surface area contributed by atoms with Gasteiger partial charge in [-0.05, 0) is 31.0 Å². The molecule has 4 heteroatoms. The highest BCUT2D eigenvalue weighted by Gasteiger charge is 2.18. The highest BCUT2D eigenvalue weighted by atomic mass is 16.5. The number of carbonyl (C=O) groups excluding carboxylic acids is 1. The van der Waals surface area contributed by atoms with Crippen LogP contribution in [0.5, 0.6) is 0 Å². The number of aryl methyl sites for hydroxylation is 1. The smallest absolute Gasteiger partial charge is 0.340 e. The van der Waals surface area contributed by atoms with E-state index in [1.165, 1.54) is 0 Å². The number of ether oxygens (including phenoxy) is 1. The van der Waals surface area contributed by atoms with E-state index in [0.717, 1.165) is 16.7 Å². The van der Waals surface area contributed by atoms with Crippen LogP contribution >= 0.6 is 0 Å². The molecule has 1 heterocycles. The molecule has 0 atom stereocenters. The van der Waals surface area contributed by atoms with E-state index < -0.39 is 5.97 Å². The maximum absolute atomic E-state index is 12.6. The summed E-state index contributed by atoms with van der Waals surface area (Å²) in [6, 6.07) is 19.0. The lowest BCUT2D eigenvalue weighted by Gasteiger charge is -2.11. The van der Waals surface area contributed by atoms with Crippen molar-refractivity contribution in [2.75, 3.05) is 6.61 Å². The Hall–Kier alpha value is -3.14. The number of aromatic amines is 1. The number of benzene rings is 2. The van der Waals surface area contributed by atoms with Crippen molar-refractivity contribution in [3.63, 3.8) is 0 Å². The van der Waals surface area contributed by atoms with E-state index in [-0.39, 0.29) is 12.2 Å². The highest BCUT2D eigenvalue weighted by Crippen LogP contribution is 2.22. The minimum Gasteiger partial charge on any atom is -0.462 e. The third-order valence-electron chi connectivity index (χ3n) is 4.19. The number of carbonyl (C=O) groups is 1. The van der Waals surface area contributed by atoms with Crippen LogP contribution in [-0.2, 0) is 11.2 Å². The molecule has 0 saturated carbocycles. The number of nitrogens with one attached hydrogen (secondary N) is 1. The minimum absolute atomic E-state index is 0.197. The van der Waals surface area contributed by atoms with Crippen molar-refractivity contribution >= 4 is 5.97 Å². The number of H-pyrrole nitrogens is 1. The average molecular weight is 347 g/mol. The number of hydrogen-bond acceptors (Lipinski definition) is 3. The average Bonchev–Trinajstić information content (AvgIpc) is 2.65. The zero-order valence-electron chi connectivity index (χ0n) is 14.9. The van der Waals surface area contributed by atoms with Crippen molar-refractivity contribution in [2.45, 2.75) is 20.3 Å². The van der Waals surface area contributed by atoms with Crippen LogP contribution in [0.2, 0.25) is 0 Å². The fraction of sp³-hybridized carbons (Fsp3) is 0.182. The summed E-state index contributed by atoms with van der Waals surface area (Å²) in [6.07, 6.45) is 0.455. The van der Waals surface area contributed by atoms with Gasteiger partial charge in [0.2, 0.25) is 0 Å². The van der Waals surface area contributed by atoms with Crippen LogP contribution in [0.25, 0.3) is 11.3 Å². The van der Waals surface area contributed by atoms with Crippen LogP contribution in [0.3, 0.4) is 0 Å². The zero-order chi connectivity index (χ0) is 18.5. The van der Waals surface area contributed by atoms with E-state index in [9.17, 15) is 9.59 Å². The molecule has 0 aliphatic carbocycles. The Morgan fingerprint density at radius 1 is 1.04 bits per heavy atom. The molecule has 0 saturated heterocycles. The Kier molecular flexibility index (Phi) is 5.32. The van der Waals surface area contributed by atoms with Gasteiger partial charge in [0.1, 0.15) is 0 Å². The maximum Gasteiger partial charge on any atom is 0.340 e. The fourth-order valence-electron chi connectivity index (χ4n) is 2.83. The van der Waals surface area contributed by atoms with E-state index in [4.69, 9.17) is 4.74 Å².